The standard InChI is InChI=1S/C21H28N8O.HI/c1-15-5-6-19(24-14-15)29-11-8-16(9-12-29)25-21(22-2)23-10-7-18-26-20(28-27-18)17-4-3-13-30-17;/h3-6,13-14,16H,7-12H2,1-2H3,(H2,22,23,25)(H,26,27,28);1H. The van der Waals surface area contributed by atoms with E-state index in [1.54, 1.807) is 13.3 Å². The number of hydrogen-bond acceptors (Lipinski definition) is 6. The molecule has 1 fully saturated rings. The molecule has 0 bridgehead atoms. The molecule has 1 aliphatic rings. The second-order valence-corrected chi connectivity index (χ2v) is 7.43. The van der Waals surface area contributed by atoms with Crippen molar-refractivity contribution in [3.05, 3.63) is 48.1 Å². The molecule has 0 aromatic carbocycles. The predicted octanol–water partition coefficient (Wildman–Crippen LogP) is 2.76. The van der Waals surface area contributed by atoms with Crippen molar-refractivity contribution >= 4 is 35.8 Å². The van der Waals surface area contributed by atoms with Gasteiger partial charge >= 0.3 is 0 Å². The van der Waals surface area contributed by atoms with E-state index in [-0.39, 0.29) is 24.0 Å². The number of hydrogen-bond donors (Lipinski definition) is 3. The number of pyridine rings is 1. The average Bonchev–Trinajstić information content (AvgIpc) is 3.46. The van der Waals surface area contributed by atoms with E-state index in [4.69, 9.17) is 4.42 Å². The van der Waals surface area contributed by atoms with Crippen molar-refractivity contribution < 1.29 is 4.42 Å². The van der Waals surface area contributed by atoms with Crippen LogP contribution in [0.2, 0.25) is 0 Å². The van der Waals surface area contributed by atoms with E-state index >= 15 is 0 Å². The molecule has 0 amide bonds. The Labute approximate surface area is 199 Å². The monoisotopic (exact) mass is 536 g/mol. The number of guanidine groups is 1. The highest BCUT2D eigenvalue weighted by Gasteiger charge is 2.20. The fourth-order valence-electron chi connectivity index (χ4n) is 3.51. The highest BCUT2D eigenvalue weighted by Crippen LogP contribution is 2.18. The van der Waals surface area contributed by atoms with Crippen molar-refractivity contribution in [2.24, 2.45) is 4.99 Å². The van der Waals surface area contributed by atoms with Gasteiger partial charge in [-0.05, 0) is 43.5 Å². The van der Waals surface area contributed by atoms with Crippen LogP contribution in [0.1, 0.15) is 24.2 Å². The van der Waals surface area contributed by atoms with Gasteiger partial charge in [-0.3, -0.25) is 10.1 Å². The van der Waals surface area contributed by atoms with E-state index in [1.807, 2.05) is 18.3 Å². The molecule has 0 unspecified atom stereocenters. The molecule has 4 rings (SSSR count). The molecular weight excluding hydrogens is 507 g/mol. The molecule has 0 radical (unpaired) electrons. The van der Waals surface area contributed by atoms with Crippen molar-refractivity contribution in [3.8, 4) is 11.6 Å². The van der Waals surface area contributed by atoms with Crippen LogP contribution in [-0.4, -0.2) is 58.8 Å². The van der Waals surface area contributed by atoms with Gasteiger partial charge < -0.3 is 20.0 Å². The fraction of sp³-hybridized carbons (Fsp3) is 0.429. The number of aliphatic imine (C=N–C) groups is 1. The third kappa shape index (κ3) is 6.18. The molecule has 1 aliphatic heterocycles. The molecule has 3 aromatic heterocycles. The van der Waals surface area contributed by atoms with E-state index in [1.165, 1.54) is 5.56 Å². The first-order chi connectivity index (χ1) is 14.7. The summed E-state index contributed by atoms with van der Waals surface area (Å²) >= 11 is 0. The second-order valence-electron chi connectivity index (χ2n) is 7.43. The second kappa shape index (κ2) is 11.1. The van der Waals surface area contributed by atoms with E-state index in [2.05, 4.69) is 59.7 Å². The third-order valence-corrected chi connectivity index (χ3v) is 5.21. The molecule has 0 atom stereocenters. The summed E-state index contributed by atoms with van der Waals surface area (Å²) in [6.07, 6.45) is 6.35. The van der Waals surface area contributed by atoms with Gasteiger partial charge in [0.05, 0.1) is 6.26 Å². The number of aromatic amines is 1. The number of furan rings is 1. The van der Waals surface area contributed by atoms with Gasteiger partial charge in [-0.1, -0.05) is 6.07 Å². The van der Waals surface area contributed by atoms with Crippen LogP contribution in [0, 0.1) is 6.92 Å². The maximum atomic E-state index is 5.32. The third-order valence-electron chi connectivity index (χ3n) is 5.21. The molecular formula is C21H29IN8O. The summed E-state index contributed by atoms with van der Waals surface area (Å²) in [5.74, 6) is 3.92. The Morgan fingerprint density at radius 3 is 2.81 bits per heavy atom. The maximum absolute atomic E-state index is 5.32. The van der Waals surface area contributed by atoms with Crippen LogP contribution in [0.5, 0.6) is 0 Å². The first kappa shape index (κ1) is 23.0. The molecule has 0 saturated carbocycles. The summed E-state index contributed by atoms with van der Waals surface area (Å²) in [4.78, 5) is 15.7. The molecule has 1 saturated heterocycles. The van der Waals surface area contributed by atoms with Crippen molar-refractivity contribution in [2.75, 3.05) is 31.6 Å². The number of piperidine rings is 1. The number of rotatable bonds is 6. The maximum Gasteiger partial charge on any atom is 0.216 e. The summed E-state index contributed by atoms with van der Waals surface area (Å²) in [6, 6.07) is 8.28. The first-order valence-electron chi connectivity index (χ1n) is 10.3. The van der Waals surface area contributed by atoms with Crippen molar-refractivity contribution in [1.82, 2.24) is 30.8 Å². The van der Waals surface area contributed by atoms with Gasteiger partial charge in [0, 0.05) is 45.3 Å². The quantitative estimate of drug-likeness (QED) is 0.253. The van der Waals surface area contributed by atoms with E-state index in [0.29, 0.717) is 30.6 Å². The minimum Gasteiger partial charge on any atom is -0.461 e. The highest BCUT2D eigenvalue weighted by molar-refractivity contribution is 14.0. The van der Waals surface area contributed by atoms with Crippen LogP contribution < -0.4 is 15.5 Å². The summed E-state index contributed by atoms with van der Waals surface area (Å²) in [5, 5.41) is 14.0. The Morgan fingerprint density at radius 2 is 2.13 bits per heavy atom. The first-order valence-corrected chi connectivity index (χ1v) is 10.3. The summed E-state index contributed by atoms with van der Waals surface area (Å²) in [6.45, 7) is 4.74. The van der Waals surface area contributed by atoms with E-state index in [9.17, 15) is 0 Å². The van der Waals surface area contributed by atoms with Crippen LogP contribution in [0.4, 0.5) is 5.82 Å². The van der Waals surface area contributed by atoms with Crippen molar-refractivity contribution in [3.63, 3.8) is 0 Å². The molecule has 3 N–H and O–H groups in total. The van der Waals surface area contributed by atoms with Gasteiger partial charge in [-0.15, -0.1) is 24.0 Å². The summed E-state index contributed by atoms with van der Waals surface area (Å²) in [7, 11) is 1.80. The molecule has 0 aliphatic carbocycles. The minimum absolute atomic E-state index is 0. The number of halogens is 1. The van der Waals surface area contributed by atoms with Gasteiger partial charge in [0.1, 0.15) is 11.6 Å². The molecule has 31 heavy (non-hydrogen) atoms. The van der Waals surface area contributed by atoms with Gasteiger partial charge in [-0.2, -0.15) is 5.10 Å². The zero-order valence-corrected chi connectivity index (χ0v) is 20.2. The van der Waals surface area contributed by atoms with Gasteiger partial charge in [0.2, 0.25) is 5.82 Å². The van der Waals surface area contributed by atoms with Crippen molar-refractivity contribution in [2.45, 2.75) is 32.2 Å². The minimum atomic E-state index is 0. The van der Waals surface area contributed by atoms with Crippen LogP contribution in [-0.2, 0) is 6.42 Å². The largest absolute Gasteiger partial charge is 0.461 e. The lowest BCUT2D eigenvalue weighted by atomic mass is 10.1. The zero-order valence-electron chi connectivity index (χ0n) is 17.8. The van der Waals surface area contributed by atoms with Gasteiger partial charge in [-0.25, -0.2) is 9.97 Å². The van der Waals surface area contributed by atoms with Crippen molar-refractivity contribution in [1.29, 1.82) is 0 Å². The Hall–Kier alpha value is -2.63. The molecule has 4 heterocycles. The number of anilines is 1. The smallest absolute Gasteiger partial charge is 0.216 e. The molecule has 3 aromatic rings. The number of H-pyrrole nitrogens is 1. The topological polar surface area (TPSA) is 107 Å². The molecule has 166 valence electrons. The van der Waals surface area contributed by atoms with Crippen LogP contribution in [0.25, 0.3) is 11.6 Å². The number of aryl methyl sites for hydroxylation is 1. The Balaban J connectivity index is 0.00000272. The normalized spacial score (nSPS) is 14.9. The summed E-state index contributed by atoms with van der Waals surface area (Å²) < 4.78 is 5.32. The molecule has 0 spiro atoms. The number of nitrogens with zero attached hydrogens (tertiary/aromatic N) is 5. The molecule has 10 heteroatoms. The lowest BCUT2D eigenvalue weighted by Gasteiger charge is -2.33. The average molecular weight is 536 g/mol. The van der Waals surface area contributed by atoms with Crippen LogP contribution in [0.15, 0.2) is 46.1 Å². The van der Waals surface area contributed by atoms with Crippen LogP contribution in [0.3, 0.4) is 0 Å². The Morgan fingerprint density at radius 1 is 1.29 bits per heavy atom. The Bertz CT molecular complexity index is 946. The fourth-order valence-corrected chi connectivity index (χ4v) is 3.51. The highest BCUT2D eigenvalue weighted by atomic mass is 127. The Kier molecular flexibility index (Phi) is 8.27. The lowest BCUT2D eigenvalue weighted by molar-refractivity contribution is 0.459. The lowest BCUT2D eigenvalue weighted by Crippen LogP contribution is -2.49. The number of aromatic nitrogens is 4. The number of nitrogens with one attached hydrogen (secondary N) is 3. The summed E-state index contributed by atoms with van der Waals surface area (Å²) in [5.41, 5.74) is 1.19. The van der Waals surface area contributed by atoms with E-state index in [0.717, 1.165) is 43.5 Å². The van der Waals surface area contributed by atoms with E-state index < -0.39 is 0 Å². The zero-order chi connectivity index (χ0) is 20.8. The van der Waals surface area contributed by atoms with Crippen LogP contribution >= 0.6 is 24.0 Å². The predicted molar refractivity (Wildman–Crippen MR) is 132 cm³/mol. The van der Waals surface area contributed by atoms with Gasteiger partial charge in [0.15, 0.2) is 11.7 Å². The SMILES string of the molecule is CN=C(NCCc1nc(-c2ccco2)n[nH]1)NC1CCN(c2ccc(C)cn2)CC1.I. The molecule has 9 nitrogen and oxygen atoms in total. The van der Waals surface area contributed by atoms with Gasteiger partial charge in [0.25, 0.3) is 0 Å².